The van der Waals surface area contributed by atoms with Crippen molar-refractivity contribution >= 4 is 0 Å². The van der Waals surface area contributed by atoms with Gasteiger partial charge in [-0.05, 0) is 73.5 Å². The number of benzene rings is 1. The van der Waals surface area contributed by atoms with E-state index in [9.17, 15) is 0 Å². The Morgan fingerprint density at radius 2 is 1.95 bits per heavy atom. The Morgan fingerprint density at radius 1 is 1.24 bits per heavy atom. The lowest BCUT2D eigenvalue weighted by atomic mass is 9.45. The largest absolute Gasteiger partial charge is 0.494 e. The Hall–Kier alpha value is -1.02. The number of nitrogens with two attached hydrogens (primary N) is 1. The van der Waals surface area contributed by atoms with Crippen LogP contribution >= 0.6 is 0 Å². The molecule has 2 nitrogen and oxygen atoms in total. The van der Waals surface area contributed by atoms with Gasteiger partial charge < -0.3 is 10.5 Å². The average Bonchev–Trinajstić information content (AvgIpc) is 2.47. The molecule has 3 aliphatic rings. The third-order valence-corrected chi connectivity index (χ3v) is 6.16. The molecule has 2 heteroatoms. The van der Waals surface area contributed by atoms with E-state index >= 15 is 0 Å². The fourth-order valence-electron chi connectivity index (χ4n) is 4.50. The minimum atomic E-state index is 0.0927. The summed E-state index contributed by atoms with van der Waals surface area (Å²) >= 11 is 0. The molecule has 1 aromatic rings. The number of rotatable bonds is 5. The molecular formula is C19H29NO. The van der Waals surface area contributed by atoms with Gasteiger partial charge >= 0.3 is 0 Å². The average molecular weight is 287 g/mol. The predicted molar refractivity (Wildman–Crippen MR) is 87.3 cm³/mol. The maximum atomic E-state index is 5.94. The van der Waals surface area contributed by atoms with Crippen LogP contribution in [-0.4, -0.2) is 6.61 Å². The molecule has 3 aliphatic carbocycles. The minimum Gasteiger partial charge on any atom is -0.494 e. The van der Waals surface area contributed by atoms with E-state index in [0.29, 0.717) is 5.41 Å². The van der Waals surface area contributed by atoms with Gasteiger partial charge in [0, 0.05) is 6.04 Å². The van der Waals surface area contributed by atoms with Crippen molar-refractivity contribution in [3.63, 3.8) is 0 Å². The van der Waals surface area contributed by atoms with Gasteiger partial charge in [-0.3, -0.25) is 0 Å². The smallest absolute Gasteiger partial charge is 0.119 e. The van der Waals surface area contributed by atoms with Crippen LogP contribution in [0.1, 0.15) is 58.1 Å². The van der Waals surface area contributed by atoms with E-state index in [1.165, 1.54) is 25.7 Å². The quantitative estimate of drug-likeness (QED) is 0.862. The van der Waals surface area contributed by atoms with Crippen LogP contribution in [0.3, 0.4) is 0 Å². The van der Waals surface area contributed by atoms with Gasteiger partial charge in [0.05, 0.1) is 6.61 Å². The lowest BCUT2D eigenvalue weighted by Gasteiger charge is -2.60. The lowest BCUT2D eigenvalue weighted by molar-refractivity contribution is -0.108. The third-order valence-electron chi connectivity index (χ3n) is 6.16. The summed E-state index contributed by atoms with van der Waals surface area (Å²) in [6.07, 6.45) is 5.50. The maximum absolute atomic E-state index is 5.94. The summed E-state index contributed by atoms with van der Waals surface area (Å²) in [5.74, 6) is 3.76. The highest BCUT2D eigenvalue weighted by Crippen LogP contribution is 2.61. The Morgan fingerprint density at radius 3 is 2.52 bits per heavy atom. The summed E-state index contributed by atoms with van der Waals surface area (Å²) in [6, 6.07) is 8.32. The van der Waals surface area contributed by atoms with Gasteiger partial charge in [0.1, 0.15) is 5.75 Å². The second-order valence-electron chi connectivity index (χ2n) is 7.69. The van der Waals surface area contributed by atoms with Crippen LogP contribution in [0.25, 0.3) is 0 Å². The second-order valence-corrected chi connectivity index (χ2v) is 7.69. The van der Waals surface area contributed by atoms with E-state index in [1.54, 1.807) is 0 Å². The first-order valence-corrected chi connectivity index (χ1v) is 8.47. The third kappa shape index (κ3) is 2.83. The van der Waals surface area contributed by atoms with E-state index < -0.39 is 0 Å². The summed E-state index contributed by atoms with van der Waals surface area (Å²) in [4.78, 5) is 0. The van der Waals surface area contributed by atoms with Crippen LogP contribution in [0.2, 0.25) is 0 Å². The minimum absolute atomic E-state index is 0.0927. The van der Waals surface area contributed by atoms with E-state index in [-0.39, 0.29) is 6.04 Å². The molecule has 116 valence electrons. The predicted octanol–water partition coefficient (Wildman–Crippen LogP) is 4.55. The monoisotopic (exact) mass is 287 g/mol. The van der Waals surface area contributed by atoms with Gasteiger partial charge in [0.25, 0.3) is 0 Å². The van der Waals surface area contributed by atoms with Crippen molar-refractivity contribution in [3.8, 4) is 5.75 Å². The molecule has 3 fully saturated rings. The van der Waals surface area contributed by atoms with E-state index in [0.717, 1.165) is 35.7 Å². The van der Waals surface area contributed by atoms with Gasteiger partial charge in [-0.1, -0.05) is 26.0 Å². The van der Waals surface area contributed by atoms with Crippen molar-refractivity contribution in [2.24, 2.45) is 28.9 Å². The molecule has 1 aromatic carbocycles. The van der Waals surface area contributed by atoms with Gasteiger partial charge in [0.2, 0.25) is 0 Å². The molecule has 0 saturated heterocycles. The van der Waals surface area contributed by atoms with Crippen LogP contribution < -0.4 is 10.5 Å². The number of ether oxygens (including phenoxy) is 1. The zero-order valence-electron chi connectivity index (χ0n) is 13.6. The summed E-state index contributed by atoms with van der Waals surface area (Å²) in [5, 5.41) is 0. The van der Waals surface area contributed by atoms with Crippen LogP contribution in [0.15, 0.2) is 24.3 Å². The first-order chi connectivity index (χ1) is 9.98. The van der Waals surface area contributed by atoms with Gasteiger partial charge in [0.15, 0.2) is 0 Å². The van der Waals surface area contributed by atoms with Crippen molar-refractivity contribution in [2.45, 2.75) is 52.5 Å². The molecule has 4 rings (SSSR count). The van der Waals surface area contributed by atoms with Crippen LogP contribution in [0.4, 0.5) is 0 Å². The van der Waals surface area contributed by atoms with E-state index in [2.05, 4.69) is 26.0 Å². The van der Waals surface area contributed by atoms with Gasteiger partial charge in [-0.25, -0.2) is 0 Å². The highest BCUT2D eigenvalue weighted by atomic mass is 16.5. The SMILES string of the molecule is CC(N)c1ccc(OCCC2CCC3CC2C3(C)C)cc1. The highest BCUT2D eigenvalue weighted by Gasteiger charge is 2.53. The second kappa shape index (κ2) is 5.64. The van der Waals surface area contributed by atoms with Gasteiger partial charge in [-0.2, -0.15) is 0 Å². The van der Waals surface area contributed by atoms with Gasteiger partial charge in [-0.15, -0.1) is 0 Å². The van der Waals surface area contributed by atoms with Crippen LogP contribution in [-0.2, 0) is 0 Å². The molecule has 4 atom stereocenters. The fourth-order valence-corrected chi connectivity index (χ4v) is 4.50. The number of hydrogen-bond acceptors (Lipinski definition) is 2. The Kier molecular flexibility index (Phi) is 4.00. The Balaban J connectivity index is 1.48. The standard InChI is InChI=1S/C19H29NO/c1-13(20)14-5-8-17(9-6-14)21-11-10-15-4-7-16-12-18(15)19(16,2)3/h5-6,8-9,13,15-16,18H,4,7,10-12,20H2,1-3H3. The summed E-state index contributed by atoms with van der Waals surface area (Å²) in [7, 11) is 0. The summed E-state index contributed by atoms with van der Waals surface area (Å²) < 4.78 is 5.94. The molecule has 3 saturated carbocycles. The summed E-state index contributed by atoms with van der Waals surface area (Å²) in [6.45, 7) is 7.78. The Labute approximate surface area is 129 Å². The molecule has 0 aliphatic heterocycles. The van der Waals surface area contributed by atoms with Crippen molar-refractivity contribution in [2.75, 3.05) is 6.61 Å². The zero-order valence-corrected chi connectivity index (χ0v) is 13.6. The molecule has 0 aromatic heterocycles. The van der Waals surface area contributed by atoms with Crippen molar-refractivity contribution in [3.05, 3.63) is 29.8 Å². The molecule has 4 unspecified atom stereocenters. The van der Waals surface area contributed by atoms with Crippen molar-refractivity contribution in [1.29, 1.82) is 0 Å². The molecular weight excluding hydrogens is 258 g/mol. The molecule has 2 bridgehead atoms. The fraction of sp³-hybridized carbons (Fsp3) is 0.684. The first-order valence-electron chi connectivity index (χ1n) is 8.47. The van der Waals surface area contributed by atoms with E-state index in [4.69, 9.17) is 10.5 Å². The number of fused-ring (bicyclic) bond motifs is 2. The molecule has 0 radical (unpaired) electrons. The summed E-state index contributed by atoms with van der Waals surface area (Å²) in [5.41, 5.74) is 7.61. The van der Waals surface area contributed by atoms with Crippen molar-refractivity contribution in [1.82, 2.24) is 0 Å². The van der Waals surface area contributed by atoms with Crippen molar-refractivity contribution < 1.29 is 4.74 Å². The first kappa shape index (κ1) is 14.9. The zero-order chi connectivity index (χ0) is 15.0. The highest BCUT2D eigenvalue weighted by molar-refractivity contribution is 5.28. The lowest BCUT2D eigenvalue weighted by Crippen LogP contribution is -2.52. The van der Waals surface area contributed by atoms with Crippen LogP contribution in [0, 0.1) is 23.2 Å². The molecule has 0 spiro atoms. The molecule has 0 amide bonds. The normalized spacial score (nSPS) is 31.3. The van der Waals surface area contributed by atoms with Crippen LogP contribution in [0.5, 0.6) is 5.75 Å². The molecule has 2 N–H and O–H groups in total. The molecule has 0 heterocycles. The number of hydrogen-bond donors (Lipinski definition) is 1. The van der Waals surface area contributed by atoms with E-state index in [1.807, 2.05) is 19.1 Å². The maximum Gasteiger partial charge on any atom is 0.119 e. The molecule has 21 heavy (non-hydrogen) atoms. The Bertz CT molecular complexity index is 475. The topological polar surface area (TPSA) is 35.2 Å².